The Kier molecular flexibility index (Phi) is 4.19. The van der Waals surface area contributed by atoms with Crippen LogP contribution in [0.5, 0.6) is 0 Å². The number of aromatic nitrogens is 1. The Bertz CT molecular complexity index is 334. The highest BCUT2D eigenvalue weighted by molar-refractivity contribution is 6.30. The second kappa shape index (κ2) is 5.65. The summed E-state index contributed by atoms with van der Waals surface area (Å²) in [4.78, 5) is 6.89. The van der Waals surface area contributed by atoms with Crippen molar-refractivity contribution in [2.75, 3.05) is 6.54 Å². The molecule has 0 aliphatic heterocycles. The minimum absolute atomic E-state index is 0.755. The number of rotatable bonds is 4. The number of halogens is 1. The maximum atomic E-state index is 5.97. The van der Waals surface area contributed by atoms with Gasteiger partial charge in [-0.2, -0.15) is 0 Å². The highest BCUT2D eigenvalue weighted by Gasteiger charge is 2.21. The minimum atomic E-state index is 0.755. The zero-order valence-electron chi connectivity index (χ0n) is 9.82. The van der Waals surface area contributed by atoms with Crippen LogP contribution in [0.1, 0.15) is 38.3 Å². The van der Waals surface area contributed by atoms with E-state index in [1.54, 1.807) is 6.20 Å². The molecule has 1 aliphatic carbocycles. The molecule has 2 rings (SSSR count). The summed E-state index contributed by atoms with van der Waals surface area (Å²) in [6, 6.07) is 4.56. The molecule has 16 heavy (non-hydrogen) atoms. The maximum Gasteiger partial charge on any atom is 0.0558 e. The zero-order chi connectivity index (χ0) is 11.4. The van der Waals surface area contributed by atoms with E-state index in [0.717, 1.165) is 29.8 Å². The van der Waals surface area contributed by atoms with E-state index in [1.807, 2.05) is 12.1 Å². The summed E-state index contributed by atoms with van der Waals surface area (Å²) in [5, 5.41) is 0.785. The molecule has 0 amide bonds. The van der Waals surface area contributed by atoms with Crippen molar-refractivity contribution in [1.82, 2.24) is 9.88 Å². The van der Waals surface area contributed by atoms with Gasteiger partial charge in [-0.3, -0.25) is 9.88 Å². The largest absolute Gasteiger partial charge is 0.295 e. The highest BCUT2D eigenvalue weighted by atomic mass is 35.5. The fraction of sp³-hybridized carbons (Fsp3) is 0.615. The summed E-state index contributed by atoms with van der Waals surface area (Å²) < 4.78 is 0. The maximum absolute atomic E-state index is 5.97. The van der Waals surface area contributed by atoms with E-state index in [1.165, 1.54) is 25.7 Å². The van der Waals surface area contributed by atoms with Crippen LogP contribution in [0.15, 0.2) is 18.3 Å². The molecule has 0 atom stereocenters. The molecule has 1 fully saturated rings. The Morgan fingerprint density at radius 1 is 1.44 bits per heavy atom. The number of hydrogen-bond donors (Lipinski definition) is 0. The zero-order valence-corrected chi connectivity index (χ0v) is 10.6. The average Bonchev–Trinajstić information content (AvgIpc) is 2.79. The molecule has 3 heteroatoms. The third-order valence-corrected chi connectivity index (χ3v) is 3.63. The third kappa shape index (κ3) is 2.96. The quantitative estimate of drug-likeness (QED) is 0.798. The van der Waals surface area contributed by atoms with Crippen LogP contribution in [0.4, 0.5) is 0 Å². The molecule has 0 unspecified atom stereocenters. The second-order valence-corrected chi connectivity index (χ2v) is 4.90. The number of pyridine rings is 1. The van der Waals surface area contributed by atoms with Gasteiger partial charge in [0.15, 0.2) is 0 Å². The van der Waals surface area contributed by atoms with Crippen LogP contribution in [0.3, 0.4) is 0 Å². The van der Waals surface area contributed by atoms with Crippen molar-refractivity contribution < 1.29 is 0 Å². The Balaban J connectivity index is 2.00. The molecule has 1 aromatic heterocycles. The van der Waals surface area contributed by atoms with E-state index >= 15 is 0 Å². The van der Waals surface area contributed by atoms with Crippen LogP contribution in [0.25, 0.3) is 0 Å². The topological polar surface area (TPSA) is 16.1 Å². The Morgan fingerprint density at radius 2 is 2.19 bits per heavy atom. The van der Waals surface area contributed by atoms with Crippen LogP contribution < -0.4 is 0 Å². The normalized spacial score (nSPS) is 17.2. The lowest BCUT2D eigenvalue weighted by Gasteiger charge is -2.26. The van der Waals surface area contributed by atoms with Crippen LogP contribution in [0.2, 0.25) is 5.02 Å². The van der Waals surface area contributed by atoms with E-state index in [4.69, 9.17) is 11.6 Å². The van der Waals surface area contributed by atoms with E-state index in [9.17, 15) is 0 Å². The Labute approximate surface area is 103 Å². The van der Waals surface area contributed by atoms with Crippen molar-refractivity contribution in [1.29, 1.82) is 0 Å². The molecule has 0 aromatic carbocycles. The summed E-state index contributed by atoms with van der Waals surface area (Å²) in [6.07, 6.45) is 7.23. The monoisotopic (exact) mass is 238 g/mol. The summed E-state index contributed by atoms with van der Waals surface area (Å²) in [7, 11) is 0. The highest BCUT2D eigenvalue weighted by Crippen LogP contribution is 2.24. The molecule has 0 saturated heterocycles. The molecule has 0 spiro atoms. The second-order valence-electron chi connectivity index (χ2n) is 4.47. The van der Waals surface area contributed by atoms with Crippen molar-refractivity contribution in [3.63, 3.8) is 0 Å². The first-order valence-electron chi connectivity index (χ1n) is 6.14. The van der Waals surface area contributed by atoms with Gasteiger partial charge in [0.2, 0.25) is 0 Å². The molecule has 1 aliphatic rings. The van der Waals surface area contributed by atoms with Gasteiger partial charge in [0.1, 0.15) is 0 Å². The van der Waals surface area contributed by atoms with Gasteiger partial charge >= 0.3 is 0 Å². The Hall–Kier alpha value is -0.600. The summed E-state index contributed by atoms with van der Waals surface area (Å²) in [6.45, 7) is 4.25. The molecule has 1 heterocycles. The molecular formula is C13H19ClN2. The lowest BCUT2D eigenvalue weighted by Crippen LogP contribution is -2.32. The fourth-order valence-electron chi connectivity index (χ4n) is 2.51. The van der Waals surface area contributed by atoms with E-state index in [0.29, 0.717) is 0 Å². The van der Waals surface area contributed by atoms with Gasteiger partial charge in [0.05, 0.1) is 5.69 Å². The number of nitrogens with zero attached hydrogens (tertiary/aromatic N) is 2. The van der Waals surface area contributed by atoms with Gasteiger partial charge in [0.25, 0.3) is 0 Å². The van der Waals surface area contributed by atoms with Crippen molar-refractivity contribution >= 4 is 11.6 Å². The Morgan fingerprint density at radius 3 is 2.81 bits per heavy atom. The molecule has 1 aromatic rings. The standard InChI is InChI=1S/C13H19ClN2/c1-2-16(13-5-3-4-6-13)10-12-9-11(14)7-8-15-12/h7-9,13H,2-6,10H2,1H3. The first kappa shape index (κ1) is 11.9. The lowest BCUT2D eigenvalue weighted by atomic mass is 10.2. The minimum Gasteiger partial charge on any atom is -0.295 e. The van der Waals surface area contributed by atoms with Gasteiger partial charge in [-0.05, 0) is 31.5 Å². The third-order valence-electron chi connectivity index (χ3n) is 3.39. The average molecular weight is 239 g/mol. The van der Waals surface area contributed by atoms with E-state index in [-0.39, 0.29) is 0 Å². The van der Waals surface area contributed by atoms with Crippen LogP contribution in [0, 0.1) is 0 Å². The van der Waals surface area contributed by atoms with Crippen molar-refractivity contribution in [3.8, 4) is 0 Å². The van der Waals surface area contributed by atoms with Gasteiger partial charge in [-0.1, -0.05) is 31.4 Å². The van der Waals surface area contributed by atoms with Crippen LogP contribution >= 0.6 is 11.6 Å². The summed E-state index contributed by atoms with van der Waals surface area (Å²) in [5.74, 6) is 0. The van der Waals surface area contributed by atoms with Crippen molar-refractivity contribution in [2.45, 2.75) is 45.2 Å². The first-order valence-corrected chi connectivity index (χ1v) is 6.52. The summed E-state index contributed by atoms with van der Waals surface area (Å²) >= 11 is 5.97. The molecule has 0 bridgehead atoms. The van der Waals surface area contributed by atoms with E-state index in [2.05, 4.69) is 16.8 Å². The van der Waals surface area contributed by atoms with Gasteiger partial charge in [-0.15, -0.1) is 0 Å². The molecule has 0 radical (unpaired) electrons. The van der Waals surface area contributed by atoms with Crippen molar-refractivity contribution in [2.24, 2.45) is 0 Å². The van der Waals surface area contributed by atoms with Gasteiger partial charge in [-0.25, -0.2) is 0 Å². The van der Waals surface area contributed by atoms with Gasteiger partial charge < -0.3 is 0 Å². The van der Waals surface area contributed by atoms with Crippen LogP contribution in [-0.2, 0) is 6.54 Å². The fourth-order valence-corrected chi connectivity index (χ4v) is 2.69. The molecule has 88 valence electrons. The molecule has 2 nitrogen and oxygen atoms in total. The van der Waals surface area contributed by atoms with Crippen LogP contribution in [-0.4, -0.2) is 22.5 Å². The molecule has 1 saturated carbocycles. The van der Waals surface area contributed by atoms with Gasteiger partial charge in [0, 0.05) is 23.8 Å². The summed E-state index contributed by atoms with van der Waals surface area (Å²) in [5.41, 5.74) is 1.08. The smallest absolute Gasteiger partial charge is 0.0558 e. The SMILES string of the molecule is CCN(Cc1cc(Cl)ccn1)C1CCCC1. The van der Waals surface area contributed by atoms with E-state index < -0.39 is 0 Å². The predicted molar refractivity (Wildman–Crippen MR) is 67.6 cm³/mol. The van der Waals surface area contributed by atoms with Crippen molar-refractivity contribution in [3.05, 3.63) is 29.0 Å². The first-order chi connectivity index (χ1) is 7.79. The molecular weight excluding hydrogens is 220 g/mol. The lowest BCUT2D eigenvalue weighted by molar-refractivity contribution is 0.198. The predicted octanol–water partition coefficient (Wildman–Crippen LogP) is 3.50. The molecule has 0 N–H and O–H groups in total. The number of hydrogen-bond acceptors (Lipinski definition) is 2.